The molecule has 0 saturated carbocycles. The third kappa shape index (κ3) is 5.18. The van der Waals surface area contributed by atoms with E-state index in [1.807, 2.05) is 6.07 Å². The molecule has 136 valence electrons. The van der Waals surface area contributed by atoms with Gasteiger partial charge in [-0.25, -0.2) is 4.79 Å². The lowest BCUT2D eigenvalue weighted by molar-refractivity contribution is -0.384. The van der Waals surface area contributed by atoms with Crippen LogP contribution in [0.15, 0.2) is 42.5 Å². The van der Waals surface area contributed by atoms with Crippen molar-refractivity contribution < 1.29 is 14.5 Å². The first-order valence-corrected chi connectivity index (χ1v) is 8.03. The summed E-state index contributed by atoms with van der Waals surface area (Å²) in [5.74, 6) is -0.190. The number of urea groups is 1. The van der Waals surface area contributed by atoms with Crippen LogP contribution < -0.4 is 16.0 Å². The van der Waals surface area contributed by atoms with Gasteiger partial charge in [0.1, 0.15) is 5.02 Å². The molecular weight excluding hydrogens is 360 g/mol. The summed E-state index contributed by atoms with van der Waals surface area (Å²) < 4.78 is 0. The summed E-state index contributed by atoms with van der Waals surface area (Å²) in [6, 6.07) is 10.2. The van der Waals surface area contributed by atoms with Gasteiger partial charge in [-0.05, 0) is 36.8 Å². The van der Waals surface area contributed by atoms with Gasteiger partial charge in [0.05, 0.1) is 11.0 Å². The van der Waals surface area contributed by atoms with E-state index in [0.717, 1.165) is 5.56 Å². The number of benzene rings is 2. The topological polar surface area (TPSA) is 113 Å². The van der Waals surface area contributed by atoms with Crippen LogP contribution in [-0.4, -0.2) is 16.9 Å². The van der Waals surface area contributed by atoms with Crippen molar-refractivity contribution in [2.75, 3.05) is 10.6 Å². The zero-order valence-electron chi connectivity index (χ0n) is 14.1. The summed E-state index contributed by atoms with van der Waals surface area (Å²) in [6.45, 7) is 3.18. The largest absolute Gasteiger partial charge is 0.331 e. The molecule has 0 bridgehead atoms. The number of nitrogens with one attached hydrogen (secondary N) is 3. The summed E-state index contributed by atoms with van der Waals surface area (Å²) in [4.78, 5) is 33.5. The molecule has 2 aromatic rings. The summed E-state index contributed by atoms with van der Waals surface area (Å²) in [6.07, 6.45) is 0. The number of hydrogen-bond donors (Lipinski definition) is 3. The quantitative estimate of drug-likeness (QED) is 0.538. The molecule has 0 heterocycles. The van der Waals surface area contributed by atoms with Crippen LogP contribution in [0.4, 0.5) is 21.9 Å². The lowest BCUT2D eigenvalue weighted by Gasteiger charge is -2.16. The molecule has 0 aromatic heterocycles. The van der Waals surface area contributed by atoms with E-state index < -0.39 is 11.0 Å². The van der Waals surface area contributed by atoms with Crippen LogP contribution in [-0.2, 0) is 4.79 Å². The van der Waals surface area contributed by atoms with Crippen molar-refractivity contribution in [3.8, 4) is 0 Å². The molecule has 26 heavy (non-hydrogen) atoms. The van der Waals surface area contributed by atoms with Gasteiger partial charge in [0.15, 0.2) is 0 Å². The Labute approximate surface area is 154 Å². The molecule has 3 amide bonds. The van der Waals surface area contributed by atoms with Crippen molar-refractivity contribution in [2.24, 2.45) is 0 Å². The average molecular weight is 377 g/mol. The highest BCUT2D eigenvalue weighted by atomic mass is 35.5. The number of carbonyl (C=O) groups is 2. The minimum atomic E-state index is -0.623. The zero-order valence-corrected chi connectivity index (χ0v) is 14.8. The van der Waals surface area contributed by atoms with E-state index in [1.54, 1.807) is 25.1 Å². The molecule has 0 aliphatic carbocycles. The predicted octanol–water partition coefficient (Wildman–Crippen LogP) is 4.09. The van der Waals surface area contributed by atoms with Crippen molar-refractivity contribution in [2.45, 2.75) is 19.9 Å². The first-order valence-electron chi connectivity index (χ1n) is 7.65. The van der Waals surface area contributed by atoms with E-state index >= 15 is 0 Å². The lowest BCUT2D eigenvalue weighted by Crippen LogP contribution is -2.31. The molecule has 9 heteroatoms. The smallest absolute Gasteiger partial charge is 0.319 e. The summed E-state index contributed by atoms with van der Waals surface area (Å²) in [5.41, 5.74) is 1.36. The minimum Gasteiger partial charge on any atom is -0.331 e. The van der Waals surface area contributed by atoms with Crippen LogP contribution in [0.25, 0.3) is 0 Å². The van der Waals surface area contributed by atoms with Gasteiger partial charge in [0.25, 0.3) is 5.69 Å². The number of anilines is 2. The van der Waals surface area contributed by atoms with Gasteiger partial charge in [-0.3, -0.25) is 14.9 Å². The highest BCUT2D eigenvalue weighted by Crippen LogP contribution is 2.27. The van der Waals surface area contributed by atoms with Crippen molar-refractivity contribution in [1.29, 1.82) is 0 Å². The van der Waals surface area contributed by atoms with Gasteiger partial charge in [-0.2, -0.15) is 0 Å². The standard InChI is InChI=1S/C17H17ClN4O4/c1-10(12-4-3-5-13(8-12)20-11(2)23)19-17(24)21-14-6-7-15(18)16(9-14)22(25)26/h3-10H,1-2H3,(H,20,23)(H2,19,21,24). The Balaban J connectivity index is 2.04. The molecule has 0 saturated heterocycles. The Kier molecular flexibility index (Phi) is 6.13. The molecule has 3 N–H and O–H groups in total. The molecule has 0 spiro atoms. The lowest BCUT2D eigenvalue weighted by atomic mass is 10.1. The van der Waals surface area contributed by atoms with Crippen molar-refractivity contribution in [1.82, 2.24) is 5.32 Å². The number of carbonyl (C=O) groups excluding carboxylic acids is 2. The van der Waals surface area contributed by atoms with Gasteiger partial charge >= 0.3 is 6.03 Å². The van der Waals surface area contributed by atoms with E-state index in [-0.39, 0.29) is 28.3 Å². The van der Waals surface area contributed by atoms with E-state index in [1.165, 1.54) is 25.1 Å². The molecule has 0 aliphatic heterocycles. The van der Waals surface area contributed by atoms with Gasteiger partial charge in [-0.1, -0.05) is 23.7 Å². The van der Waals surface area contributed by atoms with E-state index in [2.05, 4.69) is 16.0 Å². The Morgan fingerprint density at radius 2 is 1.81 bits per heavy atom. The SMILES string of the molecule is CC(=O)Nc1cccc(C(C)NC(=O)Nc2ccc(Cl)c([N+](=O)[O-])c2)c1. The van der Waals surface area contributed by atoms with Crippen LogP contribution in [0.5, 0.6) is 0 Å². The van der Waals surface area contributed by atoms with Gasteiger partial charge in [0, 0.05) is 24.4 Å². The Morgan fingerprint density at radius 1 is 1.12 bits per heavy atom. The van der Waals surface area contributed by atoms with Crippen LogP contribution in [0.3, 0.4) is 0 Å². The second-order valence-electron chi connectivity index (χ2n) is 5.55. The predicted molar refractivity (Wildman–Crippen MR) is 99.4 cm³/mol. The number of nitrogens with zero attached hydrogens (tertiary/aromatic N) is 1. The molecule has 0 fully saturated rings. The molecule has 1 unspecified atom stereocenters. The fourth-order valence-corrected chi connectivity index (χ4v) is 2.45. The van der Waals surface area contributed by atoms with Crippen molar-refractivity contribution in [3.63, 3.8) is 0 Å². The first-order chi connectivity index (χ1) is 12.3. The van der Waals surface area contributed by atoms with Gasteiger partial charge < -0.3 is 16.0 Å². The van der Waals surface area contributed by atoms with Gasteiger partial charge in [0.2, 0.25) is 5.91 Å². The van der Waals surface area contributed by atoms with Gasteiger partial charge in [-0.15, -0.1) is 0 Å². The molecule has 2 aromatic carbocycles. The monoisotopic (exact) mass is 376 g/mol. The maximum absolute atomic E-state index is 12.1. The first kappa shape index (κ1) is 19.2. The molecule has 0 aliphatic rings. The molecule has 0 radical (unpaired) electrons. The number of nitro benzene ring substituents is 1. The summed E-state index contributed by atoms with van der Waals surface area (Å²) in [7, 11) is 0. The number of amides is 3. The zero-order chi connectivity index (χ0) is 19.3. The Hall–Kier alpha value is -3.13. The summed E-state index contributed by atoms with van der Waals surface area (Å²) >= 11 is 5.74. The van der Waals surface area contributed by atoms with E-state index in [9.17, 15) is 19.7 Å². The number of rotatable bonds is 5. The molecule has 8 nitrogen and oxygen atoms in total. The fourth-order valence-electron chi connectivity index (χ4n) is 2.27. The molecule has 2 rings (SSSR count). The third-order valence-corrected chi connectivity index (χ3v) is 3.77. The normalized spacial score (nSPS) is 11.3. The number of halogens is 1. The third-order valence-electron chi connectivity index (χ3n) is 3.46. The molecule has 1 atom stereocenters. The molecular formula is C17H17ClN4O4. The van der Waals surface area contributed by atoms with Crippen molar-refractivity contribution in [3.05, 3.63) is 63.2 Å². The van der Waals surface area contributed by atoms with Crippen LogP contribution >= 0.6 is 11.6 Å². The van der Waals surface area contributed by atoms with Crippen LogP contribution in [0.1, 0.15) is 25.5 Å². The van der Waals surface area contributed by atoms with Crippen LogP contribution in [0.2, 0.25) is 5.02 Å². The second kappa shape index (κ2) is 8.30. The maximum atomic E-state index is 12.1. The highest BCUT2D eigenvalue weighted by molar-refractivity contribution is 6.32. The van der Waals surface area contributed by atoms with Crippen molar-refractivity contribution >= 4 is 40.6 Å². The maximum Gasteiger partial charge on any atom is 0.319 e. The Bertz CT molecular complexity index is 856. The number of nitro groups is 1. The van der Waals surface area contributed by atoms with Crippen LogP contribution in [0, 0.1) is 10.1 Å². The number of hydrogen-bond acceptors (Lipinski definition) is 4. The highest BCUT2D eigenvalue weighted by Gasteiger charge is 2.15. The second-order valence-corrected chi connectivity index (χ2v) is 5.96. The Morgan fingerprint density at radius 3 is 2.46 bits per heavy atom. The van der Waals surface area contributed by atoms with E-state index in [0.29, 0.717) is 5.69 Å². The van der Waals surface area contributed by atoms with E-state index in [4.69, 9.17) is 11.6 Å². The minimum absolute atomic E-state index is 0.0101. The average Bonchev–Trinajstić information content (AvgIpc) is 2.56. The summed E-state index contributed by atoms with van der Waals surface area (Å²) in [5, 5.41) is 18.8. The fraction of sp³-hybridized carbons (Fsp3) is 0.176.